The van der Waals surface area contributed by atoms with Crippen molar-refractivity contribution >= 4 is 6.16 Å². The maximum absolute atomic E-state index is 11.2. The maximum Gasteiger partial charge on any atom is 0.510 e. The second-order valence-corrected chi connectivity index (χ2v) is 4.23. The molecular formula is C9H18N2O3. The molecule has 5 nitrogen and oxygen atoms in total. The van der Waals surface area contributed by atoms with E-state index in [2.05, 4.69) is 10.6 Å². The summed E-state index contributed by atoms with van der Waals surface area (Å²) in [6.45, 7) is 7.74. The van der Waals surface area contributed by atoms with E-state index in [1.54, 1.807) is 20.8 Å². The normalized spacial score (nSPS) is 22.9. The molecule has 82 valence electrons. The van der Waals surface area contributed by atoms with Crippen LogP contribution in [-0.2, 0) is 9.47 Å². The molecule has 0 aromatic heterocycles. The largest absolute Gasteiger partial charge is 0.510 e. The van der Waals surface area contributed by atoms with Crippen LogP contribution >= 0.6 is 0 Å². The molecule has 1 fully saturated rings. The highest BCUT2D eigenvalue weighted by molar-refractivity contribution is 5.60. The minimum atomic E-state index is -0.626. The monoisotopic (exact) mass is 202 g/mol. The zero-order valence-corrected chi connectivity index (χ0v) is 8.92. The third-order valence-electron chi connectivity index (χ3n) is 1.63. The molecule has 0 amide bonds. The number of hydrogen-bond donors (Lipinski definition) is 2. The van der Waals surface area contributed by atoms with Crippen molar-refractivity contribution in [3.8, 4) is 0 Å². The van der Waals surface area contributed by atoms with Crippen molar-refractivity contribution in [1.29, 1.82) is 0 Å². The molecule has 1 saturated heterocycles. The Hall–Kier alpha value is -0.810. The fraction of sp³-hybridized carbons (Fsp3) is 0.889. The average Bonchev–Trinajstić information content (AvgIpc) is 2.02. The predicted molar refractivity (Wildman–Crippen MR) is 52.0 cm³/mol. The van der Waals surface area contributed by atoms with Gasteiger partial charge in [-0.15, -0.1) is 0 Å². The molecule has 1 rings (SSSR count). The van der Waals surface area contributed by atoms with Crippen LogP contribution in [0.15, 0.2) is 0 Å². The van der Waals surface area contributed by atoms with Crippen molar-refractivity contribution in [3.63, 3.8) is 0 Å². The third-order valence-corrected chi connectivity index (χ3v) is 1.63. The Morgan fingerprint density at radius 3 is 2.57 bits per heavy atom. The van der Waals surface area contributed by atoms with Gasteiger partial charge in [-0.3, -0.25) is 5.32 Å². The average molecular weight is 202 g/mol. The standard InChI is InChI=1S/C9H18N2O3/c1-9(2,3)14-8(12)13-7-6-10-4-5-11-7/h7,10-11H,4-6H2,1-3H3/t7-/m0/s1. The quantitative estimate of drug-likeness (QED) is 0.605. The van der Waals surface area contributed by atoms with Gasteiger partial charge in [-0.05, 0) is 20.8 Å². The molecule has 1 atom stereocenters. The SMILES string of the molecule is CC(C)(C)OC(=O)O[C@H]1CNCCN1. The molecule has 0 saturated carbocycles. The van der Waals surface area contributed by atoms with E-state index in [4.69, 9.17) is 9.47 Å². The van der Waals surface area contributed by atoms with Crippen molar-refractivity contribution in [2.24, 2.45) is 0 Å². The molecular weight excluding hydrogens is 184 g/mol. The molecule has 1 heterocycles. The molecule has 0 aliphatic carbocycles. The summed E-state index contributed by atoms with van der Waals surface area (Å²) >= 11 is 0. The lowest BCUT2D eigenvalue weighted by Gasteiger charge is -2.26. The van der Waals surface area contributed by atoms with Crippen molar-refractivity contribution in [2.75, 3.05) is 19.6 Å². The highest BCUT2D eigenvalue weighted by Crippen LogP contribution is 2.08. The molecule has 1 aliphatic rings. The molecule has 0 spiro atoms. The van der Waals surface area contributed by atoms with Crippen LogP contribution < -0.4 is 10.6 Å². The first-order valence-electron chi connectivity index (χ1n) is 4.81. The van der Waals surface area contributed by atoms with E-state index < -0.39 is 11.8 Å². The Bertz CT molecular complexity index is 195. The first kappa shape index (κ1) is 11.3. The van der Waals surface area contributed by atoms with E-state index in [-0.39, 0.29) is 6.23 Å². The Labute approximate surface area is 84.1 Å². The van der Waals surface area contributed by atoms with E-state index in [1.165, 1.54) is 0 Å². The van der Waals surface area contributed by atoms with Gasteiger partial charge in [0.15, 0.2) is 6.23 Å². The lowest BCUT2D eigenvalue weighted by atomic mass is 10.2. The van der Waals surface area contributed by atoms with Crippen molar-refractivity contribution in [2.45, 2.75) is 32.6 Å². The van der Waals surface area contributed by atoms with E-state index in [0.29, 0.717) is 6.54 Å². The second kappa shape index (κ2) is 4.61. The lowest BCUT2D eigenvalue weighted by Crippen LogP contribution is -2.50. The number of nitrogens with one attached hydrogen (secondary N) is 2. The van der Waals surface area contributed by atoms with Gasteiger partial charge in [-0.1, -0.05) is 0 Å². The molecule has 5 heteroatoms. The van der Waals surface area contributed by atoms with Gasteiger partial charge in [0.05, 0.1) is 0 Å². The summed E-state index contributed by atoms with van der Waals surface area (Å²) in [5.74, 6) is 0. The van der Waals surface area contributed by atoms with Crippen LogP contribution in [0.5, 0.6) is 0 Å². The van der Waals surface area contributed by atoms with E-state index >= 15 is 0 Å². The third kappa shape index (κ3) is 4.43. The van der Waals surface area contributed by atoms with Crippen molar-refractivity contribution < 1.29 is 14.3 Å². The van der Waals surface area contributed by atoms with Gasteiger partial charge in [0.1, 0.15) is 5.60 Å². The maximum atomic E-state index is 11.2. The van der Waals surface area contributed by atoms with Crippen molar-refractivity contribution in [3.05, 3.63) is 0 Å². The molecule has 0 radical (unpaired) electrons. The van der Waals surface area contributed by atoms with Gasteiger partial charge in [-0.2, -0.15) is 0 Å². The first-order chi connectivity index (χ1) is 6.47. The summed E-state index contributed by atoms with van der Waals surface area (Å²) in [5.41, 5.74) is -0.501. The van der Waals surface area contributed by atoms with Gasteiger partial charge >= 0.3 is 6.16 Å². The van der Waals surface area contributed by atoms with Crippen LogP contribution in [0.25, 0.3) is 0 Å². The number of rotatable bonds is 1. The summed E-state index contributed by atoms with van der Waals surface area (Å²) in [5, 5.41) is 6.16. The van der Waals surface area contributed by atoms with Crippen LogP contribution in [0.2, 0.25) is 0 Å². The van der Waals surface area contributed by atoms with Crippen molar-refractivity contribution in [1.82, 2.24) is 10.6 Å². The van der Waals surface area contributed by atoms with Gasteiger partial charge < -0.3 is 14.8 Å². The Kier molecular flexibility index (Phi) is 3.71. The van der Waals surface area contributed by atoms with Crippen LogP contribution in [0.1, 0.15) is 20.8 Å². The minimum absolute atomic E-state index is 0.279. The van der Waals surface area contributed by atoms with Crippen LogP contribution in [0, 0.1) is 0 Å². The highest BCUT2D eigenvalue weighted by Gasteiger charge is 2.22. The Morgan fingerprint density at radius 1 is 1.36 bits per heavy atom. The summed E-state index contributed by atoms with van der Waals surface area (Å²) in [4.78, 5) is 11.2. The summed E-state index contributed by atoms with van der Waals surface area (Å²) in [7, 11) is 0. The molecule has 14 heavy (non-hydrogen) atoms. The Morgan fingerprint density at radius 2 is 2.07 bits per heavy atom. The number of piperazine rings is 1. The first-order valence-corrected chi connectivity index (χ1v) is 4.81. The van der Waals surface area contributed by atoms with Crippen LogP contribution in [-0.4, -0.2) is 37.6 Å². The fourth-order valence-electron chi connectivity index (χ4n) is 1.10. The topological polar surface area (TPSA) is 59.6 Å². The number of ether oxygens (including phenoxy) is 2. The molecule has 0 unspecified atom stereocenters. The molecule has 1 aliphatic heterocycles. The zero-order chi connectivity index (χ0) is 10.6. The van der Waals surface area contributed by atoms with Gasteiger partial charge in [0.25, 0.3) is 0 Å². The number of carbonyl (C=O) groups is 1. The van der Waals surface area contributed by atoms with E-state index in [0.717, 1.165) is 13.1 Å². The molecule has 0 aromatic carbocycles. The summed E-state index contributed by atoms with van der Waals surface area (Å²) in [6, 6.07) is 0. The smallest absolute Gasteiger partial charge is 0.429 e. The predicted octanol–water partition coefficient (Wildman–Crippen LogP) is 0.457. The second-order valence-electron chi connectivity index (χ2n) is 4.23. The summed E-state index contributed by atoms with van der Waals surface area (Å²) < 4.78 is 10.0. The number of carbonyl (C=O) groups excluding carboxylic acids is 1. The van der Waals surface area contributed by atoms with Crippen LogP contribution in [0.4, 0.5) is 4.79 Å². The number of hydrogen-bond acceptors (Lipinski definition) is 5. The molecule has 2 N–H and O–H groups in total. The fourth-order valence-corrected chi connectivity index (χ4v) is 1.10. The van der Waals surface area contributed by atoms with E-state index in [1.807, 2.05) is 0 Å². The highest BCUT2D eigenvalue weighted by atomic mass is 16.7. The van der Waals surface area contributed by atoms with Gasteiger partial charge in [0, 0.05) is 19.6 Å². The molecule has 0 aromatic rings. The Balaban J connectivity index is 2.25. The zero-order valence-electron chi connectivity index (χ0n) is 8.92. The minimum Gasteiger partial charge on any atom is -0.429 e. The molecule has 0 bridgehead atoms. The van der Waals surface area contributed by atoms with Gasteiger partial charge in [-0.25, -0.2) is 4.79 Å². The lowest BCUT2D eigenvalue weighted by molar-refractivity contribution is -0.0360. The van der Waals surface area contributed by atoms with Crippen LogP contribution in [0.3, 0.4) is 0 Å². The van der Waals surface area contributed by atoms with E-state index in [9.17, 15) is 4.79 Å². The van der Waals surface area contributed by atoms with Gasteiger partial charge in [0.2, 0.25) is 0 Å². The summed E-state index contributed by atoms with van der Waals surface area (Å²) in [6.07, 6.45) is -0.905.